The zero-order valence-corrected chi connectivity index (χ0v) is 25.4. The lowest BCUT2D eigenvalue weighted by Crippen LogP contribution is -2.52. The third kappa shape index (κ3) is 7.77. The van der Waals surface area contributed by atoms with Crippen LogP contribution in [0.25, 0.3) is 0 Å². The van der Waals surface area contributed by atoms with Gasteiger partial charge in [-0.15, -0.1) is 0 Å². The van der Waals surface area contributed by atoms with Crippen LogP contribution in [0.1, 0.15) is 38.3 Å². The second-order valence-corrected chi connectivity index (χ2v) is 12.6. The molecule has 40 heavy (non-hydrogen) atoms. The fourth-order valence-electron chi connectivity index (χ4n) is 4.28. The van der Waals surface area contributed by atoms with Crippen LogP contribution in [0.15, 0.2) is 77.7 Å². The lowest BCUT2D eigenvalue weighted by Gasteiger charge is -2.34. The van der Waals surface area contributed by atoms with Crippen molar-refractivity contribution in [2.24, 2.45) is 5.92 Å². The molecule has 0 aromatic heterocycles. The fraction of sp³-hybridized carbons (Fsp3) is 0.333. The minimum Gasteiger partial charge on any atom is -0.354 e. The van der Waals surface area contributed by atoms with Gasteiger partial charge in [0.25, 0.3) is 10.0 Å². The molecule has 0 aliphatic rings. The number of anilines is 1. The zero-order chi connectivity index (χ0) is 29.4. The summed E-state index contributed by atoms with van der Waals surface area (Å²) in [7, 11) is -4.16. The van der Waals surface area contributed by atoms with E-state index in [9.17, 15) is 18.0 Å². The van der Waals surface area contributed by atoms with Gasteiger partial charge in [0.1, 0.15) is 12.6 Å². The monoisotopic (exact) mass is 603 g/mol. The van der Waals surface area contributed by atoms with Crippen LogP contribution >= 0.6 is 23.2 Å². The summed E-state index contributed by atoms with van der Waals surface area (Å²) in [6.07, 6.45) is 0.325. The SMILES string of the molecule is CCC(C(=O)NCC(C)C)N(Cc1ccccc1Cl)C(=O)CN(c1ccc(Cl)cc1C)S(=O)(=O)c1ccccc1. The highest BCUT2D eigenvalue weighted by Gasteiger charge is 2.34. The van der Waals surface area contributed by atoms with E-state index in [1.54, 1.807) is 67.6 Å². The topological polar surface area (TPSA) is 86.8 Å². The first-order valence-corrected chi connectivity index (χ1v) is 15.3. The molecule has 0 aliphatic heterocycles. The average molecular weight is 605 g/mol. The fourth-order valence-corrected chi connectivity index (χ4v) is 6.21. The van der Waals surface area contributed by atoms with Crippen molar-refractivity contribution in [3.63, 3.8) is 0 Å². The van der Waals surface area contributed by atoms with E-state index in [0.717, 1.165) is 4.31 Å². The molecule has 0 bridgehead atoms. The molecule has 1 atom stereocenters. The average Bonchev–Trinajstić information content (AvgIpc) is 2.92. The number of benzene rings is 3. The Bertz CT molecular complexity index is 1430. The van der Waals surface area contributed by atoms with Crippen LogP contribution in [0, 0.1) is 12.8 Å². The van der Waals surface area contributed by atoms with E-state index in [-0.39, 0.29) is 23.3 Å². The smallest absolute Gasteiger partial charge is 0.264 e. The van der Waals surface area contributed by atoms with Crippen molar-refractivity contribution in [3.8, 4) is 0 Å². The van der Waals surface area contributed by atoms with Crippen LogP contribution in [0.4, 0.5) is 5.69 Å². The molecule has 0 saturated carbocycles. The van der Waals surface area contributed by atoms with Crippen LogP contribution in [0.2, 0.25) is 10.0 Å². The molecule has 3 aromatic carbocycles. The van der Waals surface area contributed by atoms with Crippen LogP contribution in [0.5, 0.6) is 0 Å². The summed E-state index contributed by atoms with van der Waals surface area (Å²) < 4.78 is 28.9. The van der Waals surface area contributed by atoms with Crippen molar-refractivity contribution >= 4 is 50.7 Å². The van der Waals surface area contributed by atoms with Gasteiger partial charge < -0.3 is 10.2 Å². The van der Waals surface area contributed by atoms with Gasteiger partial charge in [-0.2, -0.15) is 0 Å². The van der Waals surface area contributed by atoms with Gasteiger partial charge in [-0.25, -0.2) is 8.42 Å². The Hall–Kier alpha value is -3.07. The predicted octanol–water partition coefficient (Wildman–Crippen LogP) is 6.08. The number of aryl methyl sites for hydroxylation is 1. The largest absolute Gasteiger partial charge is 0.354 e. The summed E-state index contributed by atoms with van der Waals surface area (Å²) in [6, 6.07) is 19.0. The molecule has 0 fully saturated rings. The number of sulfonamides is 1. The van der Waals surface area contributed by atoms with E-state index in [1.807, 2.05) is 20.8 Å². The van der Waals surface area contributed by atoms with E-state index in [0.29, 0.717) is 39.8 Å². The Labute approximate surface area is 247 Å². The predicted molar refractivity (Wildman–Crippen MR) is 161 cm³/mol. The summed E-state index contributed by atoms with van der Waals surface area (Å²) in [4.78, 5) is 28.8. The Morgan fingerprint density at radius 2 is 1.60 bits per heavy atom. The highest BCUT2D eigenvalue weighted by atomic mass is 35.5. The molecule has 0 heterocycles. The molecule has 7 nitrogen and oxygen atoms in total. The third-order valence-corrected chi connectivity index (χ3v) is 8.78. The molecule has 10 heteroatoms. The summed E-state index contributed by atoms with van der Waals surface area (Å²) >= 11 is 12.6. The van der Waals surface area contributed by atoms with Crippen molar-refractivity contribution in [1.29, 1.82) is 0 Å². The minimum absolute atomic E-state index is 0.0327. The summed E-state index contributed by atoms with van der Waals surface area (Å²) in [5.74, 6) is -0.634. The number of rotatable bonds is 12. The van der Waals surface area contributed by atoms with Gasteiger partial charge in [0, 0.05) is 23.1 Å². The Balaban J connectivity index is 2.08. The van der Waals surface area contributed by atoms with Gasteiger partial charge in [-0.1, -0.05) is 80.4 Å². The first-order chi connectivity index (χ1) is 18.9. The highest BCUT2D eigenvalue weighted by molar-refractivity contribution is 7.92. The maximum atomic E-state index is 14.1. The number of carbonyl (C=O) groups is 2. The van der Waals surface area contributed by atoms with Crippen LogP contribution < -0.4 is 9.62 Å². The van der Waals surface area contributed by atoms with Crippen molar-refractivity contribution in [2.45, 2.75) is 51.6 Å². The minimum atomic E-state index is -4.16. The Morgan fingerprint density at radius 3 is 2.20 bits per heavy atom. The molecule has 0 spiro atoms. The molecule has 2 amide bonds. The van der Waals surface area contributed by atoms with Gasteiger partial charge in [0.05, 0.1) is 10.6 Å². The van der Waals surface area contributed by atoms with Crippen molar-refractivity contribution in [3.05, 3.63) is 94.0 Å². The van der Waals surface area contributed by atoms with Crippen molar-refractivity contribution in [1.82, 2.24) is 10.2 Å². The molecular weight excluding hydrogens is 569 g/mol. The molecule has 1 unspecified atom stereocenters. The van der Waals surface area contributed by atoms with Crippen LogP contribution in [0.3, 0.4) is 0 Å². The maximum Gasteiger partial charge on any atom is 0.264 e. The first-order valence-electron chi connectivity index (χ1n) is 13.1. The lowest BCUT2D eigenvalue weighted by atomic mass is 10.1. The zero-order valence-electron chi connectivity index (χ0n) is 23.1. The third-order valence-electron chi connectivity index (χ3n) is 6.41. The van der Waals surface area contributed by atoms with Gasteiger partial charge in [-0.3, -0.25) is 13.9 Å². The van der Waals surface area contributed by atoms with E-state index >= 15 is 0 Å². The van der Waals surface area contributed by atoms with Gasteiger partial charge >= 0.3 is 0 Å². The molecular formula is C30H35Cl2N3O4S. The molecule has 0 saturated heterocycles. The number of carbonyl (C=O) groups excluding carboxylic acids is 2. The first kappa shape index (κ1) is 31.5. The van der Waals surface area contributed by atoms with Gasteiger partial charge in [0.15, 0.2) is 0 Å². The summed E-state index contributed by atoms with van der Waals surface area (Å²) in [6.45, 7) is 7.46. The molecule has 214 valence electrons. The van der Waals surface area contributed by atoms with Crippen LogP contribution in [-0.4, -0.2) is 44.3 Å². The lowest BCUT2D eigenvalue weighted by molar-refractivity contribution is -0.140. The number of amides is 2. The summed E-state index contributed by atoms with van der Waals surface area (Å²) in [5.41, 5.74) is 1.54. The van der Waals surface area contributed by atoms with E-state index in [1.165, 1.54) is 17.0 Å². The maximum absolute atomic E-state index is 14.1. The van der Waals surface area contributed by atoms with Crippen LogP contribution in [-0.2, 0) is 26.2 Å². The van der Waals surface area contributed by atoms with Crippen molar-refractivity contribution < 1.29 is 18.0 Å². The second-order valence-electron chi connectivity index (χ2n) is 9.93. The van der Waals surface area contributed by atoms with Gasteiger partial charge in [-0.05, 0) is 66.8 Å². The highest BCUT2D eigenvalue weighted by Crippen LogP contribution is 2.30. The quantitative estimate of drug-likeness (QED) is 0.272. The Morgan fingerprint density at radius 1 is 0.950 bits per heavy atom. The number of nitrogens with one attached hydrogen (secondary N) is 1. The number of nitrogens with zero attached hydrogens (tertiary/aromatic N) is 2. The molecule has 0 aliphatic carbocycles. The van der Waals surface area contributed by atoms with Crippen molar-refractivity contribution in [2.75, 3.05) is 17.4 Å². The van der Waals surface area contributed by atoms with E-state index in [4.69, 9.17) is 23.2 Å². The number of hydrogen-bond acceptors (Lipinski definition) is 4. The molecule has 3 aromatic rings. The molecule has 3 rings (SSSR count). The number of halogens is 2. The van der Waals surface area contributed by atoms with Gasteiger partial charge in [0.2, 0.25) is 11.8 Å². The molecule has 1 N–H and O–H groups in total. The second kappa shape index (κ2) is 14.0. The molecule has 0 radical (unpaired) electrons. The number of hydrogen-bond donors (Lipinski definition) is 1. The van der Waals surface area contributed by atoms with E-state index in [2.05, 4.69) is 5.32 Å². The normalized spacial score (nSPS) is 12.2. The van der Waals surface area contributed by atoms with E-state index < -0.39 is 28.5 Å². The summed E-state index contributed by atoms with van der Waals surface area (Å²) in [5, 5.41) is 3.80. The Kier molecular flexibility index (Phi) is 11.0. The standard InChI is InChI=1S/C30H35Cl2N3O4S/c1-5-27(30(37)33-18-21(2)3)34(19-23-11-9-10-14-26(23)32)29(36)20-35(28-16-15-24(31)17-22(28)4)40(38,39)25-12-7-6-8-13-25/h6-17,21,27H,5,18-20H2,1-4H3,(H,33,37).